The van der Waals surface area contributed by atoms with Gasteiger partial charge < -0.3 is 15.4 Å². The Kier molecular flexibility index (Phi) is 7.61. The maximum atomic E-state index is 13.2. The molecule has 0 spiro atoms. The lowest BCUT2D eigenvalue weighted by Crippen LogP contribution is -2.40. The normalized spacial score (nSPS) is 16.4. The molecule has 2 amide bonds. The summed E-state index contributed by atoms with van der Waals surface area (Å²) in [5.74, 6) is -0.0383. The van der Waals surface area contributed by atoms with Crippen molar-refractivity contribution in [2.24, 2.45) is 13.0 Å². The number of pyridine rings is 1. The Morgan fingerprint density at radius 3 is 2.82 bits per heavy atom. The quantitative estimate of drug-likeness (QED) is 0.497. The van der Waals surface area contributed by atoms with Gasteiger partial charge in [0.2, 0.25) is 11.7 Å². The van der Waals surface area contributed by atoms with Gasteiger partial charge in [-0.2, -0.15) is 0 Å². The van der Waals surface area contributed by atoms with E-state index in [0.29, 0.717) is 37.0 Å². The highest BCUT2D eigenvalue weighted by Gasteiger charge is 2.27. The highest BCUT2D eigenvalue weighted by Crippen LogP contribution is 2.22. The second-order valence-electron chi connectivity index (χ2n) is 8.44. The third-order valence-electron chi connectivity index (χ3n) is 5.67. The van der Waals surface area contributed by atoms with Crippen LogP contribution < -0.4 is 10.6 Å². The standard InChI is InChI=1S/C24H29N7O3/c1-30(14-17-6-5-7-19(12-17)28-24(33)22-27-16-31(2)29-22)21(20-8-3-4-10-25-20)23(32)26-13-18-9-11-34-15-18/h3-8,10,12,16,18,21H,9,11,13-15H2,1-2H3,(H,26,32)(H,28,33). The molecular formula is C24H29N7O3. The van der Waals surface area contributed by atoms with Crippen molar-refractivity contribution in [3.05, 3.63) is 72.1 Å². The summed E-state index contributed by atoms with van der Waals surface area (Å²) in [5, 5.41) is 9.92. The van der Waals surface area contributed by atoms with Crippen molar-refractivity contribution in [3.63, 3.8) is 0 Å². The van der Waals surface area contributed by atoms with Crippen LogP contribution in [0.4, 0.5) is 5.69 Å². The van der Waals surface area contributed by atoms with Crippen molar-refractivity contribution in [2.75, 3.05) is 32.1 Å². The highest BCUT2D eigenvalue weighted by molar-refractivity contribution is 6.01. The lowest BCUT2D eigenvalue weighted by molar-refractivity contribution is -0.126. The number of carbonyl (C=O) groups is 2. The van der Waals surface area contributed by atoms with Crippen LogP contribution in [0.25, 0.3) is 0 Å². The molecule has 0 bridgehead atoms. The lowest BCUT2D eigenvalue weighted by atomic mass is 10.1. The average molecular weight is 464 g/mol. The van der Waals surface area contributed by atoms with E-state index in [9.17, 15) is 9.59 Å². The molecule has 0 radical (unpaired) electrons. The Morgan fingerprint density at radius 2 is 2.12 bits per heavy atom. The third-order valence-corrected chi connectivity index (χ3v) is 5.67. The number of nitrogens with one attached hydrogen (secondary N) is 2. The fraction of sp³-hybridized carbons (Fsp3) is 0.375. The molecular weight excluding hydrogens is 434 g/mol. The summed E-state index contributed by atoms with van der Waals surface area (Å²) in [7, 11) is 3.59. The predicted octanol–water partition coefficient (Wildman–Crippen LogP) is 1.79. The van der Waals surface area contributed by atoms with Crippen LogP contribution in [0.2, 0.25) is 0 Å². The van der Waals surface area contributed by atoms with E-state index in [1.807, 2.05) is 48.3 Å². The van der Waals surface area contributed by atoms with Gasteiger partial charge in [-0.15, -0.1) is 5.10 Å². The van der Waals surface area contributed by atoms with Crippen LogP contribution >= 0.6 is 0 Å². The molecule has 178 valence electrons. The summed E-state index contributed by atoms with van der Waals surface area (Å²) in [5.41, 5.74) is 2.24. The summed E-state index contributed by atoms with van der Waals surface area (Å²) >= 11 is 0. The van der Waals surface area contributed by atoms with Crippen LogP contribution in [0.1, 0.15) is 34.3 Å². The van der Waals surface area contributed by atoms with Gasteiger partial charge in [0.25, 0.3) is 5.91 Å². The Labute approximate surface area is 198 Å². The largest absolute Gasteiger partial charge is 0.381 e. The van der Waals surface area contributed by atoms with Gasteiger partial charge in [-0.1, -0.05) is 18.2 Å². The molecule has 0 saturated carbocycles. The smallest absolute Gasteiger partial charge is 0.295 e. The maximum absolute atomic E-state index is 13.2. The van der Waals surface area contributed by atoms with Crippen LogP contribution in [0.5, 0.6) is 0 Å². The molecule has 1 saturated heterocycles. The summed E-state index contributed by atoms with van der Waals surface area (Å²) in [6.45, 7) is 2.48. The van der Waals surface area contributed by atoms with Crippen LogP contribution in [0, 0.1) is 5.92 Å². The number of amides is 2. The number of carbonyl (C=O) groups excluding carboxylic acids is 2. The Bertz CT molecular complexity index is 1110. The molecule has 3 heterocycles. The number of nitrogens with zero attached hydrogens (tertiary/aromatic N) is 5. The molecule has 2 aromatic heterocycles. The van der Waals surface area contributed by atoms with Crippen molar-refractivity contribution in [3.8, 4) is 0 Å². The number of anilines is 1. The first-order valence-corrected chi connectivity index (χ1v) is 11.2. The number of aromatic nitrogens is 4. The van der Waals surface area contributed by atoms with Crippen molar-refractivity contribution in [2.45, 2.75) is 19.0 Å². The van der Waals surface area contributed by atoms with Gasteiger partial charge in [-0.3, -0.25) is 24.2 Å². The highest BCUT2D eigenvalue weighted by atomic mass is 16.5. The molecule has 2 unspecified atom stereocenters. The van der Waals surface area contributed by atoms with Crippen molar-refractivity contribution in [1.29, 1.82) is 0 Å². The molecule has 1 aromatic carbocycles. The molecule has 1 fully saturated rings. The first-order chi connectivity index (χ1) is 16.5. The van der Waals surface area contributed by atoms with E-state index in [0.717, 1.165) is 18.6 Å². The average Bonchev–Trinajstić information content (AvgIpc) is 3.51. The van der Waals surface area contributed by atoms with Gasteiger partial charge in [0.15, 0.2) is 0 Å². The maximum Gasteiger partial charge on any atom is 0.295 e. The zero-order chi connectivity index (χ0) is 23.9. The monoisotopic (exact) mass is 463 g/mol. The number of benzene rings is 1. The van der Waals surface area contributed by atoms with Crippen molar-refractivity contribution in [1.82, 2.24) is 30.0 Å². The van der Waals surface area contributed by atoms with Crippen molar-refractivity contribution >= 4 is 17.5 Å². The van der Waals surface area contributed by atoms with E-state index >= 15 is 0 Å². The van der Waals surface area contributed by atoms with Crippen LogP contribution in [0.15, 0.2) is 55.0 Å². The lowest BCUT2D eigenvalue weighted by Gasteiger charge is -2.27. The first-order valence-electron chi connectivity index (χ1n) is 11.2. The van der Waals surface area contributed by atoms with Crippen LogP contribution in [-0.2, 0) is 23.1 Å². The number of hydrogen-bond acceptors (Lipinski definition) is 7. The molecule has 2 N–H and O–H groups in total. The second kappa shape index (κ2) is 11.0. The zero-order valence-corrected chi connectivity index (χ0v) is 19.3. The van der Waals surface area contributed by atoms with Gasteiger partial charge >= 0.3 is 0 Å². The Hall–Kier alpha value is -3.63. The SMILES string of the molecule is CN(Cc1cccc(NC(=O)c2ncn(C)n2)c1)C(C(=O)NCC1CCOC1)c1ccccn1. The van der Waals surface area contributed by atoms with Crippen LogP contribution in [-0.4, -0.2) is 63.3 Å². The van der Waals surface area contributed by atoms with E-state index < -0.39 is 6.04 Å². The van der Waals surface area contributed by atoms with E-state index in [2.05, 4.69) is 25.7 Å². The number of rotatable bonds is 9. The minimum Gasteiger partial charge on any atom is -0.381 e. The topological polar surface area (TPSA) is 114 Å². The molecule has 10 nitrogen and oxygen atoms in total. The minimum absolute atomic E-state index is 0.0983. The fourth-order valence-electron chi connectivity index (χ4n) is 3.94. The fourth-order valence-corrected chi connectivity index (χ4v) is 3.94. The summed E-state index contributed by atoms with van der Waals surface area (Å²) in [4.78, 5) is 36.0. The minimum atomic E-state index is -0.556. The molecule has 34 heavy (non-hydrogen) atoms. The van der Waals surface area contributed by atoms with E-state index in [4.69, 9.17) is 4.74 Å². The molecule has 1 aliphatic rings. The predicted molar refractivity (Wildman–Crippen MR) is 126 cm³/mol. The number of likely N-dealkylation sites (N-methyl/N-ethyl adjacent to an activating group) is 1. The molecule has 1 aliphatic heterocycles. The molecule has 2 atom stereocenters. The van der Waals surface area contributed by atoms with E-state index in [1.54, 1.807) is 19.3 Å². The first kappa shape index (κ1) is 23.5. The Morgan fingerprint density at radius 1 is 1.24 bits per heavy atom. The number of aryl methyl sites for hydroxylation is 1. The summed E-state index contributed by atoms with van der Waals surface area (Å²) in [6.07, 6.45) is 4.12. The number of ether oxygens (including phenoxy) is 1. The zero-order valence-electron chi connectivity index (χ0n) is 19.3. The van der Waals surface area contributed by atoms with Crippen molar-refractivity contribution < 1.29 is 14.3 Å². The van der Waals surface area contributed by atoms with Crippen LogP contribution in [0.3, 0.4) is 0 Å². The van der Waals surface area contributed by atoms with E-state index in [1.165, 1.54) is 11.0 Å². The van der Waals surface area contributed by atoms with Gasteiger partial charge in [0.1, 0.15) is 12.4 Å². The third kappa shape index (κ3) is 6.03. The molecule has 4 rings (SSSR count). The molecule has 10 heteroatoms. The van der Waals surface area contributed by atoms with E-state index in [-0.39, 0.29) is 17.6 Å². The second-order valence-corrected chi connectivity index (χ2v) is 8.44. The van der Waals surface area contributed by atoms with Gasteiger partial charge in [-0.05, 0) is 43.3 Å². The van der Waals surface area contributed by atoms with Gasteiger partial charge in [0, 0.05) is 44.5 Å². The number of hydrogen-bond donors (Lipinski definition) is 2. The molecule has 0 aliphatic carbocycles. The summed E-state index contributed by atoms with van der Waals surface area (Å²) < 4.78 is 6.89. The van der Waals surface area contributed by atoms with Gasteiger partial charge in [-0.25, -0.2) is 4.98 Å². The molecule has 3 aromatic rings. The summed E-state index contributed by atoms with van der Waals surface area (Å²) in [6, 6.07) is 12.5. The Balaban J connectivity index is 1.45. The van der Waals surface area contributed by atoms with Gasteiger partial charge in [0.05, 0.1) is 12.3 Å².